The van der Waals surface area contributed by atoms with Gasteiger partial charge in [-0.3, -0.25) is 19.2 Å². The highest BCUT2D eigenvalue weighted by atomic mass is 16.6. The van der Waals surface area contributed by atoms with Gasteiger partial charge in [0.2, 0.25) is 23.6 Å². The lowest BCUT2D eigenvalue weighted by Gasteiger charge is -2.35. The van der Waals surface area contributed by atoms with Gasteiger partial charge < -0.3 is 50.1 Å². The van der Waals surface area contributed by atoms with E-state index in [9.17, 15) is 28.8 Å². The number of rotatable bonds is 16. The molecule has 2 fully saturated rings. The summed E-state index contributed by atoms with van der Waals surface area (Å²) in [7, 11) is 0. The van der Waals surface area contributed by atoms with Crippen molar-refractivity contribution in [3.8, 4) is 23.7 Å². The monoisotopic (exact) mass is 1010 g/mol. The predicted octanol–water partition coefficient (Wildman–Crippen LogP) is 7.94. The summed E-state index contributed by atoms with van der Waals surface area (Å²) in [6.45, 7) is 22.7. The third kappa shape index (κ3) is 14.6. The second-order valence-electron chi connectivity index (χ2n) is 22.5. The highest BCUT2D eigenvalue weighted by Crippen LogP contribution is 2.38. The topological polar surface area (TPSA) is 196 Å². The molecule has 4 aromatic rings. The first kappa shape index (κ1) is 56.4. The molecule has 2 aliphatic rings. The van der Waals surface area contributed by atoms with Crippen LogP contribution in [0.3, 0.4) is 0 Å². The van der Waals surface area contributed by atoms with E-state index in [-0.39, 0.29) is 41.7 Å². The molecule has 16 nitrogen and oxygen atoms in total. The third-order valence-corrected chi connectivity index (χ3v) is 13.6. The number of fused-ring (bicyclic) bond motifs is 2. The molecule has 4 heterocycles. The minimum Gasteiger partial charge on any atom is -0.444 e. The lowest BCUT2D eigenvalue weighted by Crippen LogP contribution is -2.56. The van der Waals surface area contributed by atoms with Crippen LogP contribution in [0.1, 0.15) is 132 Å². The highest BCUT2D eigenvalue weighted by Gasteiger charge is 2.41. The quantitative estimate of drug-likeness (QED) is 0.0698. The minimum absolute atomic E-state index is 0.0721. The van der Waals surface area contributed by atoms with Crippen LogP contribution in [0.15, 0.2) is 60.9 Å². The molecule has 7 atom stereocenters. The van der Waals surface area contributed by atoms with Gasteiger partial charge in [0.1, 0.15) is 35.4 Å². The molecule has 0 radical (unpaired) electrons. The molecule has 2 aromatic heterocycles. The molecule has 0 bridgehead atoms. The number of carbonyl (C=O) groups is 6. The van der Waals surface area contributed by atoms with Gasteiger partial charge in [0.05, 0.1) is 6.54 Å². The zero-order valence-corrected chi connectivity index (χ0v) is 45.4. The maximum atomic E-state index is 14.5. The summed E-state index contributed by atoms with van der Waals surface area (Å²) in [5.74, 6) is 11.0. The van der Waals surface area contributed by atoms with Crippen molar-refractivity contribution in [1.82, 2.24) is 40.6 Å². The molecule has 74 heavy (non-hydrogen) atoms. The zero-order chi connectivity index (χ0) is 54.1. The molecule has 0 saturated carbocycles. The second kappa shape index (κ2) is 24.4. The molecule has 0 aliphatic carbocycles. The Labute approximate surface area is 437 Å². The Kier molecular flexibility index (Phi) is 18.6. The van der Waals surface area contributed by atoms with Gasteiger partial charge in [-0.15, -0.1) is 0 Å². The number of nitrogens with one attached hydrogen (secondary N) is 5. The number of amides is 6. The number of aromatic amines is 1. The van der Waals surface area contributed by atoms with Crippen LogP contribution in [0.25, 0.3) is 21.8 Å². The van der Waals surface area contributed by atoms with Crippen molar-refractivity contribution >= 4 is 57.6 Å². The third-order valence-electron chi connectivity index (χ3n) is 13.6. The van der Waals surface area contributed by atoms with Crippen molar-refractivity contribution in [2.45, 2.75) is 182 Å². The number of H-pyrrole nitrogens is 1. The average Bonchev–Trinajstić information content (AvgIpc) is 4.15. The fraction of sp³-hybridized carbons (Fsp3) is 0.552. The van der Waals surface area contributed by atoms with E-state index in [1.54, 1.807) is 55.4 Å². The number of aromatic nitrogens is 2. The van der Waals surface area contributed by atoms with Gasteiger partial charge in [-0.2, -0.15) is 0 Å². The number of carbonyl (C=O) groups excluding carboxylic acids is 6. The number of alkyl carbamates (subject to hydrolysis) is 2. The number of ether oxygens (including phenoxy) is 2. The van der Waals surface area contributed by atoms with Gasteiger partial charge in [0, 0.05) is 71.7 Å². The van der Waals surface area contributed by atoms with E-state index in [0.717, 1.165) is 58.6 Å². The van der Waals surface area contributed by atoms with Crippen LogP contribution in [0, 0.1) is 35.5 Å². The largest absolute Gasteiger partial charge is 0.444 e. The van der Waals surface area contributed by atoms with Crippen LogP contribution in [0.4, 0.5) is 9.59 Å². The summed E-state index contributed by atoms with van der Waals surface area (Å²) in [5.41, 5.74) is 2.72. The molecule has 6 amide bonds. The highest BCUT2D eigenvalue weighted by molar-refractivity contribution is 5.93. The number of benzene rings is 2. The zero-order valence-electron chi connectivity index (χ0n) is 45.4. The summed E-state index contributed by atoms with van der Waals surface area (Å²) < 4.78 is 12.8. The Hall–Kier alpha value is -6.94. The number of hydrogen-bond acceptors (Lipinski definition) is 8. The number of likely N-dealkylation sites (tertiary alicyclic amines) is 2. The summed E-state index contributed by atoms with van der Waals surface area (Å²) >= 11 is 0. The van der Waals surface area contributed by atoms with Gasteiger partial charge in [0.15, 0.2) is 0 Å². The molecule has 2 aliphatic heterocycles. The Bertz CT molecular complexity index is 2790. The first-order valence-electron chi connectivity index (χ1n) is 26.2. The maximum absolute atomic E-state index is 14.5. The predicted molar refractivity (Wildman–Crippen MR) is 288 cm³/mol. The number of hydrogen-bond donors (Lipinski definition) is 5. The summed E-state index contributed by atoms with van der Waals surface area (Å²) in [5, 5.41) is 13.1. The van der Waals surface area contributed by atoms with Crippen LogP contribution in [-0.4, -0.2) is 116 Å². The Balaban J connectivity index is 1.15. The van der Waals surface area contributed by atoms with Gasteiger partial charge in [-0.1, -0.05) is 75.9 Å². The van der Waals surface area contributed by atoms with Crippen molar-refractivity contribution < 1.29 is 38.2 Å². The second-order valence-corrected chi connectivity index (χ2v) is 22.5. The molecular formula is C58H78N8O8. The van der Waals surface area contributed by atoms with Crippen LogP contribution < -0.4 is 21.3 Å². The van der Waals surface area contributed by atoms with E-state index in [0.29, 0.717) is 32.5 Å². The maximum Gasteiger partial charge on any atom is 0.408 e. The minimum atomic E-state index is -0.929. The van der Waals surface area contributed by atoms with Crippen LogP contribution in [-0.2, 0) is 41.6 Å². The van der Waals surface area contributed by atoms with Gasteiger partial charge in [-0.25, -0.2) is 9.59 Å². The first-order chi connectivity index (χ1) is 34.9. The molecule has 16 heteroatoms. The normalized spacial score (nSPS) is 17.9. The van der Waals surface area contributed by atoms with E-state index in [2.05, 4.69) is 78.9 Å². The van der Waals surface area contributed by atoms with Crippen molar-refractivity contribution in [1.29, 1.82) is 0 Å². The molecule has 6 rings (SSSR count). The first-order valence-corrected chi connectivity index (χ1v) is 26.2. The average molecular weight is 1020 g/mol. The van der Waals surface area contributed by atoms with E-state index in [1.165, 1.54) is 0 Å². The number of nitrogens with zero attached hydrogens (tertiary/aromatic N) is 3. The van der Waals surface area contributed by atoms with Crippen LogP contribution in [0.5, 0.6) is 0 Å². The molecule has 2 saturated heterocycles. The molecule has 5 N–H and O–H groups in total. The molecule has 2 aromatic carbocycles. The molecular weight excluding hydrogens is 937 g/mol. The van der Waals surface area contributed by atoms with Crippen molar-refractivity contribution in [3.63, 3.8) is 0 Å². The standard InChI is InChI=1S/C58H78N8O8/c1-36(2)49(62-51(67)38(5)60-55(71)73-57(7,8)9)53(69)65-31-21-23-41(65)33-40-35-64(47-28-19-17-24-42(40)47)30-20-14-13-15-26-44(45-34-59-46-27-18-16-25-43(45)46)48-29-22-32-66(48)54(70)50(37(3)4)63-52(68)39(6)61-56(72)74-58(10,11)12/h16-19,24-25,27-28,34-39,41,44,48-50,59H,21-23,26,29-33H2,1-12H3,(H,60,71)(H,61,72)(H,62,67)(H,63,68). The van der Waals surface area contributed by atoms with Gasteiger partial charge >= 0.3 is 12.2 Å². The Morgan fingerprint density at radius 3 is 1.80 bits per heavy atom. The van der Waals surface area contributed by atoms with Crippen molar-refractivity contribution in [3.05, 3.63) is 72.1 Å². The van der Waals surface area contributed by atoms with E-state index < -0.39 is 59.4 Å². The van der Waals surface area contributed by atoms with Gasteiger partial charge in [0.25, 0.3) is 0 Å². The lowest BCUT2D eigenvalue weighted by atomic mass is 9.86. The summed E-state index contributed by atoms with van der Waals surface area (Å²) in [4.78, 5) is 87.5. The summed E-state index contributed by atoms with van der Waals surface area (Å²) in [6, 6.07) is 12.6. The fourth-order valence-electron chi connectivity index (χ4n) is 9.96. The SMILES string of the molecule is CC(NC(=O)OC(C)(C)C)C(=O)NC(C(=O)N1CCCC1Cc1cn(CC#CC#CCC(c2c[nH]c3ccccc23)C2CCCN2C(=O)C(NC(=O)C(C)NC(=O)OC(C)(C)C)C(C)C)c2ccccc12)C(C)C. The van der Waals surface area contributed by atoms with E-state index >= 15 is 0 Å². The Morgan fingerprint density at radius 1 is 0.676 bits per heavy atom. The van der Waals surface area contributed by atoms with Gasteiger partial charge in [-0.05, 0) is 134 Å². The molecule has 398 valence electrons. The lowest BCUT2D eigenvalue weighted by molar-refractivity contribution is -0.139. The van der Waals surface area contributed by atoms with Crippen LogP contribution in [0.2, 0.25) is 0 Å². The number of para-hydroxylation sites is 2. The molecule has 7 unspecified atom stereocenters. The molecule has 0 spiro atoms. The van der Waals surface area contributed by atoms with Crippen molar-refractivity contribution in [2.75, 3.05) is 13.1 Å². The summed E-state index contributed by atoms with van der Waals surface area (Å²) in [6.07, 6.45) is 7.01. The Morgan fingerprint density at radius 2 is 1.20 bits per heavy atom. The van der Waals surface area contributed by atoms with E-state index in [4.69, 9.17) is 9.47 Å². The fourth-order valence-corrected chi connectivity index (χ4v) is 9.96. The van der Waals surface area contributed by atoms with Crippen LogP contribution >= 0.6 is 0 Å². The smallest absolute Gasteiger partial charge is 0.408 e. The van der Waals surface area contributed by atoms with E-state index in [1.807, 2.05) is 74.0 Å². The van der Waals surface area contributed by atoms with Crippen molar-refractivity contribution in [2.24, 2.45) is 11.8 Å².